The lowest BCUT2D eigenvalue weighted by Gasteiger charge is -2.19. The van der Waals surface area contributed by atoms with Gasteiger partial charge in [-0.15, -0.1) is 0 Å². The Labute approximate surface area is 179 Å². The largest absolute Gasteiger partial charge is 0.445 e. The Kier molecular flexibility index (Phi) is 9.07. The number of benzene rings is 2. The van der Waals surface area contributed by atoms with Crippen molar-refractivity contribution in [1.29, 1.82) is 0 Å². The average Bonchev–Trinajstić information content (AvgIpc) is 2.74. The van der Waals surface area contributed by atoms with Gasteiger partial charge in [0.05, 0.1) is 0 Å². The third-order valence-corrected chi connectivity index (χ3v) is 4.04. The normalized spacial score (nSPS) is 10.9. The van der Waals surface area contributed by atoms with Crippen LogP contribution in [0.15, 0.2) is 60.7 Å². The summed E-state index contributed by atoms with van der Waals surface area (Å²) in [6.45, 7) is 0.0418. The van der Waals surface area contributed by atoms with Gasteiger partial charge in [-0.1, -0.05) is 48.5 Å². The highest BCUT2D eigenvalue weighted by molar-refractivity contribution is 7.80. The fourth-order valence-electron chi connectivity index (χ4n) is 2.35. The van der Waals surface area contributed by atoms with Crippen molar-refractivity contribution in [2.45, 2.75) is 25.5 Å². The molecule has 0 radical (unpaired) electrons. The summed E-state index contributed by atoms with van der Waals surface area (Å²) in [5.74, 6) is -1.20. The first kappa shape index (κ1) is 22.6. The van der Waals surface area contributed by atoms with Crippen molar-refractivity contribution in [1.82, 2.24) is 16.2 Å². The van der Waals surface area contributed by atoms with Crippen LogP contribution < -0.4 is 27.2 Å². The molecule has 0 bridgehead atoms. The maximum absolute atomic E-state index is 12.4. The fraction of sp³-hybridized carbons (Fsp3) is 0.200. The number of nitrogens with two attached hydrogens (primary N) is 1. The molecular formula is C20H23N5O4S. The minimum absolute atomic E-state index is 0.00214. The van der Waals surface area contributed by atoms with Crippen LogP contribution in [-0.4, -0.2) is 29.1 Å². The average molecular weight is 430 g/mol. The second kappa shape index (κ2) is 12.0. The molecule has 6 N–H and O–H groups in total. The summed E-state index contributed by atoms with van der Waals surface area (Å²) in [5, 5.41) is 5.46. The van der Waals surface area contributed by atoms with Gasteiger partial charge in [0.1, 0.15) is 12.6 Å². The maximum atomic E-state index is 12.4. The number of hydrazine groups is 1. The van der Waals surface area contributed by atoms with E-state index in [1.54, 1.807) is 24.3 Å². The molecule has 0 aromatic heterocycles. The van der Waals surface area contributed by atoms with E-state index in [9.17, 15) is 14.4 Å². The number of thiocarbonyl (C=S) groups is 1. The number of rotatable bonds is 8. The van der Waals surface area contributed by atoms with Crippen LogP contribution in [0, 0.1) is 0 Å². The van der Waals surface area contributed by atoms with Crippen LogP contribution in [0.5, 0.6) is 0 Å². The number of amides is 3. The van der Waals surface area contributed by atoms with Gasteiger partial charge in [-0.05, 0) is 36.3 Å². The van der Waals surface area contributed by atoms with Crippen LogP contribution in [0.25, 0.3) is 0 Å². The SMILES string of the molecule is NC(=O)CCC(NC(=O)OCc1ccccc1)C(=O)NNC(=S)Nc1ccccc1. The predicted molar refractivity (Wildman–Crippen MR) is 116 cm³/mol. The third-order valence-electron chi connectivity index (χ3n) is 3.83. The minimum Gasteiger partial charge on any atom is -0.445 e. The van der Waals surface area contributed by atoms with E-state index in [1.807, 2.05) is 36.4 Å². The molecular weight excluding hydrogens is 406 g/mol. The lowest BCUT2D eigenvalue weighted by atomic mass is 10.1. The van der Waals surface area contributed by atoms with Crippen LogP contribution in [0.4, 0.5) is 10.5 Å². The van der Waals surface area contributed by atoms with Crippen LogP contribution >= 0.6 is 12.2 Å². The summed E-state index contributed by atoms with van der Waals surface area (Å²) in [6, 6.07) is 17.1. The molecule has 0 fully saturated rings. The second-order valence-electron chi connectivity index (χ2n) is 6.20. The number of nitrogens with one attached hydrogen (secondary N) is 4. The molecule has 158 valence electrons. The van der Waals surface area contributed by atoms with Gasteiger partial charge >= 0.3 is 6.09 Å². The van der Waals surface area contributed by atoms with E-state index >= 15 is 0 Å². The highest BCUT2D eigenvalue weighted by Crippen LogP contribution is 2.05. The quantitative estimate of drug-likeness (QED) is 0.317. The number of hydrogen-bond acceptors (Lipinski definition) is 5. The molecule has 0 heterocycles. The Bertz CT molecular complexity index is 864. The van der Waals surface area contributed by atoms with E-state index < -0.39 is 23.9 Å². The van der Waals surface area contributed by atoms with Crippen molar-refractivity contribution in [2.24, 2.45) is 5.73 Å². The third kappa shape index (κ3) is 8.57. The first-order chi connectivity index (χ1) is 14.4. The van der Waals surface area contributed by atoms with Crippen molar-refractivity contribution in [3.63, 3.8) is 0 Å². The molecule has 0 spiro atoms. The summed E-state index contributed by atoms with van der Waals surface area (Å²) in [7, 11) is 0. The Morgan fingerprint density at radius 2 is 1.60 bits per heavy atom. The molecule has 1 atom stereocenters. The van der Waals surface area contributed by atoms with Crippen molar-refractivity contribution in [3.05, 3.63) is 66.2 Å². The first-order valence-electron chi connectivity index (χ1n) is 9.11. The number of anilines is 1. The molecule has 2 aromatic carbocycles. The summed E-state index contributed by atoms with van der Waals surface area (Å²) in [4.78, 5) is 35.6. The molecule has 3 amide bonds. The summed E-state index contributed by atoms with van der Waals surface area (Å²) < 4.78 is 5.12. The van der Waals surface area contributed by atoms with Crippen LogP contribution in [0.1, 0.15) is 18.4 Å². The van der Waals surface area contributed by atoms with Gasteiger partial charge in [-0.2, -0.15) is 0 Å². The number of hydrogen-bond donors (Lipinski definition) is 5. The molecule has 0 saturated heterocycles. The number of primary amides is 1. The van der Waals surface area contributed by atoms with E-state index in [0.717, 1.165) is 11.3 Å². The highest BCUT2D eigenvalue weighted by atomic mass is 32.1. The Hall–Kier alpha value is -3.66. The number of carbonyl (C=O) groups excluding carboxylic acids is 3. The monoisotopic (exact) mass is 429 g/mol. The van der Waals surface area contributed by atoms with Crippen molar-refractivity contribution >= 4 is 40.9 Å². The van der Waals surface area contributed by atoms with E-state index in [2.05, 4.69) is 21.5 Å². The minimum atomic E-state index is -1.05. The maximum Gasteiger partial charge on any atom is 0.408 e. The molecule has 1 unspecified atom stereocenters. The van der Waals surface area contributed by atoms with Crippen LogP contribution in [0.3, 0.4) is 0 Å². The van der Waals surface area contributed by atoms with Gasteiger partial charge < -0.3 is 21.1 Å². The van der Waals surface area contributed by atoms with E-state index in [4.69, 9.17) is 22.7 Å². The van der Waals surface area contributed by atoms with Crippen molar-refractivity contribution in [2.75, 3.05) is 5.32 Å². The molecule has 10 heteroatoms. The summed E-state index contributed by atoms with van der Waals surface area (Å²) in [5.41, 5.74) is 11.6. The Balaban J connectivity index is 1.85. The first-order valence-corrected chi connectivity index (χ1v) is 9.52. The standard InChI is InChI=1S/C20H23N5O4S/c21-17(26)12-11-16(23-20(28)29-13-14-7-3-1-4-8-14)18(27)24-25-19(30)22-15-9-5-2-6-10-15/h1-10,16H,11-13H2,(H2,21,26)(H,23,28)(H,24,27)(H2,22,25,30). The van der Waals surface area contributed by atoms with Gasteiger partial charge in [0.2, 0.25) is 5.91 Å². The summed E-state index contributed by atoms with van der Waals surface area (Å²) >= 11 is 5.11. The van der Waals surface area contributed by atoms with E-state index in [0.29, 0.717) is 0 Å². The van der Waals surface area contributed by atoms with Crippen molar-refractivity contribution < 1.29 is 19.1 Å². The zero-order chi connectivity index (χ0) is 21.8. The molecule has 30 heavy (non-hydrogen) atoms. The van der Waals surface area contributed by atoms with E-state index in [1.165, 1.54) is 0 Å². The second-order valence-corrected chi connectivity index (χ2v) is 6.61. The molecule has 0 saturated carbocycles. The summed E-state index contributed by atoms with van der Waals surface area (Å²) in [6.07, 6.45) is -0.889. The molecule has 0 aliphatic carbocycles. The zero-order valence-electron chi connectivity index (χ0n) is 16.1. The highest BCUT2D eigenvalue weighted by Gasteiger charge is 2.22. The zero-order valence-corrected chi connectivity index (χ0v) is 16.9. The Morgan fingerprint density at radius 3 is 2.23 bits per heavy atom. The van der Waals surface area contributed by atoms with Gasteiger partial charge in [-0.3, -0.25) is 20.4 Å². The lowest BCUT2D eigenvalue weighted by Crippen LogP contribution is -2.53. The topological polar surface area (TPSA) is 135 Å². The van der Waals surface area contributed by atoms with Gasteiger partial charge in [0.15, 0.2) is 5.11 Å². The number of ether oxygens (including phenoxy) is 1. The van der Waals surface area contributed by atoms with Crippen LogP contribution in [-0.2, 0) is 20.9 Å². The molecule has 2 aromatic rings. The van der Waals surface area contributed by atoms with Gasteiger partial charge in [0, 0.05) is 12.1 Å². The number of para-hydroxylation sites is 1. The number of alkyl carbamates (subject to hydrolysis) is 1. The molecule has 0 aliphatic rings. The van der Waals surface area contributed by atoms with Gasteiger partial charge in [0.25, 0.3) is 5.91 Å². The van der Waals surface area contributed by atoms with E-state index in [-0.39, 0.29) is 24.6 Å². The van der Waals surface area contributed by atoms with Crippen molar-refractivity contribution in [3.8, 4) is 0 Å². The Morgan fingerprint density at radius 1 is 0.967 bits per heavy atom. The molecule has 0 aliphatic heterocycles. The number of carbonyl (C=O) groups is 3. The van der Waals surface area contributed by atoms with Gasteiger partial charge in [-0.25, -0.2) is 4.79 Å². The molecule has 2 rings (SSSR count). The molecule has 9 nitrogen and oxygen atoms in total. The van der Waals surface area contributed by atoms with Crippen LogP contribution in [0.2, 0.25) is 0 Å². The smallest absolute Gasteiger partial charge is 0.408 e. The predicted octanol–water partition coefficient (Wildman–Crippen LogP) is 1.56. The lowest BCUT2D eigenvalue weighted by molar-refractivity contribution is -0.124. The fourth-order valence-corrected chi connectivity index (χ4v) is 2.52.